The van der Waals surface area contributed by atoms with Gasteiger partial charge in [-0.3, -0.25) is 28.8 Å². The first kappa shape index (κ1) is 76.9. The van der Waals surface area contributed by atoms with Crippen LogP contribution in [-0.2, 0) is 57.1 Å². The molecular weight excluding hydrogens is 1220 g/mol. The number of hydrogen-bond donors (Lipinski definition) is 4. The number of likely N-dealkylation sites (N-methyl/N-ethyl adjacent to an activating group) is 2. The molecule has 2 aliphatic rings. The molecule has 0 saturated carbocycles. The standard InChI is InChI=1S/2C34H47FN4O8/c1-6-38(7-2)13-14-39(34(43)47-20-19-45-15-8-9-26(40)12-16-46-18-17-44-5)33(42)31-23(3)30(36-24(31)4)22-28-27-21-25(35)10-11-29(27)37-32(28)41;1-6-38(7-2)13-14-39(34(43)47-19-18-45-15-9-10-26(40)22-46-17-16-44-8-3)33(42)31-23(4)30(36-24(31)5)21-28-27-20-25(35)11-12-29(27)37-32(28)41/h10-11,21-22,36H,6-9,12-20H2,1-5H3,(H,37,41);11-12,20-21,36H,6-10,13-19,22H2,1-5H3,(H,37,41)/b28-22-;28-21-. The van der Waals surface area contributed by atoms with Crippen molar-refractivity contribution in [2.75, 3.05) is 156 Å². The quantitative estimate of drug-likeness (QED) is 0.0238. The third kappa shape index (κ3) is 23.3. The predicted octanol–water partition coefficient (Wildman–Crippen LogP) is 9.21. The van der Waals surface area contributed by atoms with Crippen LogP contribution in [0.1, 0.15) is 132 Å². The van der Waals surface area contributed by atoms with E-state index in [1.165, 1.54) is 36.4 Å². The van der Waals surface area contributed by atoms with Crippen molar-refractivity contribution in [1.82, 2.24) is 29.6 Å². The van der Waals surface area contributed by atoms with Crippen molar-refractivity contribution in [1.29, 1.82) is 0 Å². The van der Waals surface area contributed by atoms with Crippen molar-refractivity contribution in [2.24, 2.45) is 0 Å². The lowest BCUT2D eigenvalue weighted by molar-refractivity contribution is -0.124. The number of carbonyl (C=O) groups excluding carboxylic acids is 8. The average molecular weight is 1320 g/mol. The van der Waals surface area contributed by atoms with E-state index in [2.05, 4.69) is 30.4 Å². The number of ketones is 2. The fourth-order valence-electron chi connectivity index (χ4n) is 10.3. The van der Waals surface area contributed by atoms with Crippen molar-refractivity contribution in [3.8, 4) is 0 Å². The average Bonchev–Trinajstić information content (AvgIpc) is 1.64. The summed E-state index contributed by atoms with van der Waals surface area (Å²) in [6.45, 7) is 24.3. The largest absolute Gasteiger partial charge is 0.447 e. The number of amides is 6. The maximum absolute atomic E-state index is 14.0. The number of aryl methyl sites for hydroxylation is 2. The van der Waals surface area contributed by atoms with Crippen LogP contribution in [0.5, 0.6) is 0 Å². The van der Waals surface area contributed by atoms with Gasteiger partial charge in [0.05, 0.1) is 68.5 Å². The van der Waals surface area contributed by atoms with Gasteiger partial charge in [-0.1, -0.05) is 27.7 Å². The van der Waals surface area contributed by atoms with Crippen molar-refractivity contribution < 1.29 is 85.0 Å². The summed E-state index contributed by atoms with van der Waals surface area (Å²) in [6.07, 6.45) is 3.61. The van der Waals surface area contributed by atoms with E-state index in [0.717, 1.165) is 36.0 Å². The molecule has 4 N–H and O–H groups in total. The summed E-state index contributed by atoms with van der Waals surface area (Å²) < 4.78 is 70.5. The number of halogens is 2. The molecule has 4 heterocycles. The minimum atomic E-state index is -0.801. The zero-order chi connectivity index (χ0) is 68.7. The summed E-state index contributed by atoms with van der Waals surface area (Å²) >= 11 is 0. The van der Waals surface area contributed by atoms with Gasteiger partial charge < -0.3 is 68.3 Å². The Labute approximate surface area is 549 Å². The number of methoxy groups -OCH3 is 1. The van der Waals surface area contributed by atoms with E-state index in [0.29, 0.717) is 154 Å². The van der Waals surface area contributed by atoms with Crippen molar-refractivity contribution in [2.45, 2.75) is 94.4 Å². The maximum atomic E-state index is 14.0. The number of nitrogens with zero attached hydrogens (tertiary/aromatic N) is 4. The first-order valence-electron chi connectivity index (χ1n) is 32.1. The van der Waals surface area contributed by atoms with Crippen LogP contribution in [-0.4, -0.2) is 222 Å². The molecule has 4 aromatic rings. The van der Waals surface area contributed by atoms with Crippen molar-refractivity contribution in [3.05, 3.63) is 104 Å². The topological polar surface area (TPSA) is 279 Å². The Morgan fingerprint density at radius 2 is 0.904 bits per heavy atom. The number of anilines is 2. The summed E-state index contributed by atoms with van der Waals surface area (Å²) in [5.74, 6) is -2.73. The maximum Gasteiger partial charge on any atom is 0.416 e. The highest BCUT2D eigenvalue weighted by Crippen LogP contribution is 2.36. The van der Waals surface area contributed by atoms with Crippen LogP contribution in [0, 0.1) is 39.3 Å². The lowest BCUT2D eigenvalue weighted by atomic mass is 10.0. The second kappa shape index (κ2) is 40.4. The molecule has 24 nitrogen and oxygen atoms in total. The lowest BCUT2D eigenvalue weighted by Crippen LogP contribution is -2.43. The lowest BCUT2D eigenvalue weighted by Gasteiger charge is -2.25. The number of aromatic nitrogens is 2. The highest BCUT2D eigenvalue weighted by Gasteiger charge is 2.33. The van der Waals surface area contributed by atoms with Gasteiger partial charge in [0.2, 0.25) is 0 Å². The Bertz CT molecular complexity index is 3050. The number of imide groups is 2. The van der Waals surface area contributed by atoms with Crippen LogP contribution in [0.15, 0.2) is 36.4 Å². The van der Waals surface area contributed by atoms with E-state index in [4.69, 9.17) is 37.9 Å². The number of H-pyrrole nitrogens is 2. The highest BCUT2D eigenvalue weighted by molar-refractivity contribution is 6.35. The number of rotatable bonds is 40. The molecule has 0 saturated heterocycles. The molecule has 2 aromatic heterocycles. The molecule has 0 spiro atoms. The SMILES string of the molecule is CCN(CC)CCN(C(=O)OCCOCCCC(=O)CCOCCOC)C(=O)c1c(C)[nH]c(/C=C2\C(=O)Nc3ccc(F)cc32)c1C.CCOCCOCC(=O)CCCOCCOC(=O)N(CCN(CC)CC)C(=O)c1c(C)[nH]c(/C=C2\C(=O)Nc3ccc(F)cc32)c1C. The normalized spacial score (nSPS) is 13.3. The van der Waals surface area contributed by atoms with Gasteiger partial charge in [0.15, 0.2) is 5.78 Å². The molecule has 2 aliphatic heterocycles. The summed E-state index contributed by atoms with van der Waals surface area (Å²) in [4.78, 5) is 116. The van der Waals surface area contributed by atoms with Crippen LogP contribution >= 0.6 is 0 Å². The molecule has 0 bridgehead atoms. The van der Waals surface area contributed by atoms with Crippen LogP contribution in [0.4, 0.5) is 29.7 Å². The van der Waals surface area contributed by atoms with Gasteiger partial charge in [-0.15, -0.1) is 0 Å². The number of fused-ring (bicyclic) bond motifs is 2. The Kier molecular flexibility index (Phi) is 33.1. The zero-order valence-corrected chi connectivity index (χ0v) is 56.1. The van der Waals surface area contributed by atoms with Gasteiger partial charge in [-0.05, 0) is 133 Å². The summed E-state index contributed by atoms with van der Waals surface area (Å²) in [7, 11) is 1.59. The Hall–Kier alpha value is -7.82. The molecule has 0 fully saturated rings. The first-order chi connectivity index (χ1) is 45.2. The van der Waals surface area contributed by atoms with E-state index in [9.17, 15) is 47.1 Å². The zero-order valence-electron chi connectivity index (χ0n) is 56.1. The van der Waals surface area contributed by atoms with E-state index in [1.807, 2.05) is 34.6 Å². The van der Waals surface area contributed by atoms with Crippen LogP contribution in [0.25, 0.3) is 23.3 Å². The van der Waals surface area contributed by atoms with Crippen LogP contribution in [0.3, 0.4) is 0 Å². The van der Waals surface area contributed by atoms with E-state index >= 15 is 0 Å². The number of benzene rings is 2. The second-order valence-electron chi connectivity index (χ2n) is 22.0. The first-order valence-corrected chi connectivity index (χ1v) is 32.1. The number of aromatic amines is 2. The summed E-state index contributed by atoms with van der Waals surface area (Å²) in [6, 6.07) is 8.11. The molecule has 6 rings (SSSR count). The number of hydrogen-bond acceptors (Lipinski definition) is 18. The summed E-state index contributed by atoms with van der Waals surface area (Å²) in [5.41, 5.74) is 6.04. The third-order valence-electron chi connectivity index (χ3n) is 15.7. The predicted molar refractivity (Wildman–Crippen MR) is 351 cm³/mol. The van der Waals surface area contributed by atoms with Crippen molar-refractivity contribution in [3.63, 3.8) is 0 Å². The molecular formula is C68H94F2N8O16. The number of nitrogens with one attached hydrogen (secondary N) is 4. The van der Waals surface area contributed by atoms with Crippen molar-refractivity contribution >= 4 is 82.1 Å². The molecule has 26 heteroatoms. The second-order valence-corrected chi connectivity index (χ2v) is 22.0. The molecule has 0 atom stereocenters. The monoisotopic (exact) mass is 1320 g/mol. The highest BCUT2D eigenvalue weighted by atomic mass is 19.1. The molecule has 0 aliphatic carbocycles. The van der Waals surface area contributed by atoms with Gasteiger partial charge >= 0.3 is 12.2 Å². The minimum absolute atomic E-state index is 0.0289. The molecule has 6 amide bonds. The van der Waals surface area contributed by atoms with Gasteiger partial charge in [0, 0.05) is 118 Å². The van der Waals surface area contributed by atoms with Gasteiger partial charge in [0.25, 0.3) is 23.6 Å². The number of Topliss-reactive ketones (excluding diaryl/α,β-unsaturated/α-hetero) is 2. The van der Waals surface area contributed by atoms with E-state index < -0.39 is 35.6 Å². The Morgan fingerprint density at radius 1 is 0.489 bits per heavy atom. The van der Waals surface area contributed by atoms with Gasteiger partial charge in [-0.25, -0.2) is 28.2 Å². The molecule has 516 valence electrons. The summed E-state index contributed by atoms with van der Waals surface area (Å²) in [5, 5.41) is 5.44. The fraction of sp³-hybridized carbons (Fsp3) is 0.529. The Balaban J connectivity index is 0.000000341. The smallest absolute Gasteiger partial charge is 0.416 e. The van der Waals surface area contributed by atoms with E-state index in [1.54, 1.807) is 47.0 Å². The minimum Gasteiger partial charge on any atom is -0.447 e. The number of carbonyl (C=O) groups is 8. The molecule has 0 unspecified atom stereocenters. The number of ether oxygens (including phenoxy) is 8. The third-order valence-corrected chi connectivity index (χ3v) is 15.7. The van der Waals surface area contributed by atoms with Crippen LogP contribution < -0.4 is 10.6 Å². The van der Waals surface area contributed by atoms with Crippen LogP contribution in [0.2, 0.25) is 0 Å². The fourth-order valence-corrected chi connectivity index (χ4v) is 10.3. The van der Waals surface area contributed by atoms with Gasteiger partial charge in [0.1, 0.15) is 37.2 Å². The molecule has 2 aromatic carbocycles. The van der Waals surface area contributed by atoms with E-state index in [-0.39, 0.29) is 91.8 Å². The van der Waals surface area contributed by atoms with Gasteiger partial charge in [-0.2, -0.15) is 0 Å². The molecule has 0 radical (unpaired) electrons. The Morgan fingerprint density at radius 3 is 1.34 bits per heavy atom. The molecule has 94 heavy (non-hydrogen) atoms.